The van der Waals surface area contributed by atoms with Crippen LogP contribution < -0.4 is 32.7 Å². The quantitative estimate of drug-likeness (QED) is 0.122. The van der Waals surface area contributed by atoms with Crippen LogP contribution in [0, 0.1) is 0 Å². The lowest BCUT2D eigenvalue weighted by Crippen LogP contribution is -2.54. The normalized spacial score (nSPS) is 17.5. The second kappa shape index (κ2) is 22.6. The van der Waals surface area contributed by atoms with Gasteiger partial charge in [0.2, 0.25) is 0 Å². The number of hydrogen-bond donors (Lipinski definition) is 6. The van der Waals surface area contributed by atoms with Crippen molar-refractivity contribution in [2.75, 3.05) is 19.6 Å². The van der Waals surface area contributed by atoms with E-state index in [-0.39, 0.29) is 23.8 Å². The topological polar surface area (TPSA) is 205 Å². The molecule has 3 aliphatic carbocycles. The summed E-state index contributed by atoms with van der Waals surface area (Å²) in [4.78, 5) is 47.2. The van der Waals surface area contributed by atoms with E-state index in [0.29, 0.717) is 26.2 Å². The highest BCUT2D eigenvalue weighted by atomic mass is 16.6. The minimum Gasteiger partial charge on any atom is -0.445 e. The lowest BCUT2D eigenvalue weighted by atomic mass is 9.98. The Bertz CT molecular complexity index is 1540. The van der Waals surface area contributed by atoms with Crippen molar-refractivity contribution in [3.63, 3.8) is 0 Å². The molecule has 0 aliphatic heterocycles. The molecule has 5 rings (SSSR count). The molecule has 3 saturated carbocycles. The number of amides is 4. The van der Waals surface area contributed by atoms with E-state index in [0.717, 1.165) is 88.2 Å². The van der Waals surface area contributed by atoms with Crippen molar-refractivity contribution in [2.45, 2.75) is 160 Å². The van der Waals surface area contributed by atoms with Crippen LogP contribution in [0.2, 0.25) is 0 Å². The smallest absolute Gasteiger partial charge is 0.408 e. The van der Waals surface area contributed by atoms with Crippen molar-refractivity contribution in [1.82, 2.24) is 21.3 Å². The van der Waals surface area contributed by atoms with E-state index in [9.17, 15) is 19.2 Å². The van der Waals surface area contributed by atoms with Gasteiger partial charge < -0.3 is 51.7 Å². The molecule has 14 heteroatoms. The van der Waals surface area contributed by atoms with Crippen LogP contribution in [0.25, 0.3) is 0 Å². The van der Waals surface area contributed by atoms with E-state index >= 15 is 0 Å². The second-order valence-electron chi connectivity index (χ2n) is 17.8. The van der Waals surface area contributed by atoms with Gasteiger partial charge >= 0.3 is 24.4 Å². The van der Waals surface area contributed by atoms with Crippen LogP contribution in [-0.2, 0) is 32.2 Å². The van der Waals surface area contributed by atoms with E-state index in [4.69, 9.17) is 30.4 Å². The molecule has 4 amide bonds. The summed E-state index contributed by atoms with van der Waals surface area (Å²) in [6.45, 7) is 12.9. The summed E-state index contributed by atoms with van der Waals surface area (Å²) in [6.07, 6.45) is 10.4. The number of alkyl carbamates (subject to hydrolysis) is 4. The third kappa shape index (κ3) is 18.8. The standard InChI is InChI=1S/C19H28N2O4.C14H20N2O2.C11H22N2O2/c1-18(2,3)25-17(23)21-19(11-7-8-12-19)14-20-16(22)24-13-15-9-5-4-6-10-15;15-14(8-4-5-9-14)11-16-13(17)18-10-12-6-2-1-3-7-12;1-10(2,3)15-9(14)13-11(8-12)6-4-5-7-11/h4-6,9-10H,7-8,11-14H2,1-3H3,(H,20,22)(H,21,23);1-3,6-7H,4-5,8-11,15H2,(H,16,17);4-8,12H2,1-3H3,(H,13,14). The highest BCUT2D eigenvalue weighted by molar-refractivity contribution is 5.70. The van der Waals surface area contributed by atoms with Gasteiger partial charge in [-0.1, -0.05) is 99.2 Å². The molecular formula is C44H70N6O8. The van der Waals surface area contributed by atoms with Gasteiger partial charge in [-0.05, 0) is 91.2 Å². The minimum atomic E-state index is -0.550. The molecule has 58 heavy (non-hydrogen) atoms. The Morgan fingerprint density at radius 1 is 0.552 bits per heavy atom. The van der Waals surface area contributed by atoms with Crippen LogP contribution in [0.15, 0.2) is 60.7 Å². The van der Waals surface area contributed by atoms with Crippen molar-refractivity contribution in [1.29, 1.82) is 0 Å². The molecule has 14 nitrogen and oxygen atoms in total. The summed E-state index contributed by atoms with van der Waals surface area (Å²) in [7, 11) is 0. The zero-order valence-corrected chi connectivity index (χ0v) is 35.7. The van der Waals surface area contributed by atoms with E-state index in [1.54, 1.807) is 0 Å². The Balaban J connectivity index is 0.000000242. The van der Waals surface area contributed by atoms with E-state index in [1.807, 2.05) is 102 Å². The highest BCUT2D eigenvalue weighted by Crippen LogP contribution is 2.30. The van der Waals surface area contributed by atoms with Crippen LogP contribution in [0.5, 0.6) is 0 Å². The van der Waals surface area contributed by atoms with Crippen LogP contribution in [0.4, 0.5) is 19.2 Å². The first-order chi connectivity index (χ1) is 27.3. The van der Waals surface area contributed by atoms with Gasteiger partial charge in [0.25, 0.3) is 0 Å². The fourth-order valence-electron chi connectivity index (χ4n) is 7.16. The molecule has 324 valence electrons. The molecule has 0 unspecified atom stereocenters. The van der Waals surface area contributed by atoms with Gasteiger partial charge in [0.1, 0.15) is 24.4 Å². The van der Waals surface area contributed by atoms with Crippen LogP contribution >= 0.6 is 0 Å². The van der Waals surface area contributed by atoms with Crippen molar-refractivity contribution >= 4 is 24.4 Å². The maximum atomic E-state index is 12.1. The molecule has 0 bridgehead atoms. The van der Waals surface area contributed by atoms with Crippen LogP contribution in [-0.4, -0.2) is 71.8 Å². The Morgan fingerprint density at radius 2 is 0.914 bits per heavy atom. The molecule has 3 fully saturated rings. The van der Waals surface area contributed by atoms with Gasteiger partial charge in [0.05, 0.1) is 11.1 Å². The molecule has 8 N–H and O–H groups in total. The molecular weight excluding hydrogens is 741 g/mol. The summed E-state index contributed by atoms with van der Waals surface area (Å²) >= 11 is 0. The number of nitrogens with two attached hydrogens (primary N) is 2. The zero-order chi connectivity index (χ0) is 42.7. The Kier molecular flexibility index (Phi) is 18.6. The molecule has 0 heterocycles. The maximum absolute atomic E-state index is 12.1. The lowest BCUT2D eigenvalue weighted by Gasteiger charge is -2.31. The number of hydrogen-bond acceptors (Lipinski definition) is 10. The third-order valence-electron chi connectivity index (χ3n) is 10.2. The first-order valence-electron chi connectivity index (χ1n) is 20.7. The molecule has 2 aromatic carbocycles. The monoisotopic (exact) mass is 811 g/mol. The van der Waals surface area contributed by atoms with Crippen molar-refractivity contribution in [3.05, 3.63) is 71.8 Å². The molecule has 0 aromatic heterocycles. The average Bonchev–Trinajstić information content (AvgIpc) is 3.94. The molecule has 0 saturated heterocycles. The van der Waals surface area contributed by atoms with E-state index in [1.165, 1.54) is 0 Å². The van der Waals surface area contributed by atoms with Crippen LogP contribution in [0.1, 0.15) is 130 Å². The molecule has 0 radical (unpaired) electrons. The zero-order valence-electron chi connectivity index (χ0n) is 35.7. The Morgan fingerprint density at radius 3 is 1.31 bits per heavy atom. The number of nitrogens with one attached hydrogen (secondary N) is 4. The number of carbonyl (C=O) groups excluding carboxylic acids is 4. The fourth-order valence-corrected chi connectivity index (χ4v) is 7.16. The fraction of sp³-hybridized carbons (Fsp3) is 0.636. The Hall–Kier alpha value is -4.56. The summed E-state index contributed by atoms with van der Waals surface area (Å²) < 4.78 is 20.9. The maximum Gasteiger partial charge on any atom is 0.408 e. The number of benzene rings is 2. The largest absolute Gasteiger partial charge is 0.445 e. The predicted octanol–water partition coefficient (Wildman–Crippen LogP) is 7.72. The number of carbonyl (C=O) groups is 4. The average molecular weight is 811 g/mol. The number of rotatable bonds is 11. The molecule has 3 aliphatic rings. The SMILES string of the molecule is CC(C)(C)OC(=O)NC1(CN)CCCC1.CC(C)(C)OC(=O)NC1(CNC(=O)OCc2ccccc2)CCCC1.NC1(CNC(=O)OCc2ccccc2)CCCC1. The first kappa shape index (κ1) is 47.8. The van der Waals surface area contributed by atoms with Crippen molar-refractivity contribution in [2.24, 2.45) is 11.5 Å². The lowest BCUT2D eigenvalue weighted by molar-refractivity contribution is 0.0444. The minimum absolute atomic E-state index is 0.220. The van der Waals surface area contributed by atoms with Crippen molar-refractivity contribution in [3.8, 4) is 0 Å². The van der Waals surface area contributed by atoms with E-state index < -0.39 is 35.0 Å². The summed E-state index contributed by atoms with van der Waals surface area (Å²) in [5.74, 6) is 0. The Labute approximate surface area is 345 Å². The molecule has 0 spiro atoms. The number of ether oxygens (including phenoxy) is 4. The predicted molar refractivity (Wildman–Crippen MR) is 225 cm³/mol. The van der Waals surface area contributed by atoms with Gasteiger partial charge in [-0.25, -0.2) is 19.2 Å². The van der Waals surface area contributed by atoms with Gasteiger partial charge in [-0.3, -0.25) is 0 Å². The van der Waals surface area contributed by atoms with E-state index in [2.05, 4.69) is 21.3 Å². The third-order valence-corrected chi connectivity index (χ3v) is 10.2. The highest BCUT2D eigenvalue weighted by Gasteiger charge is 2.38. The molecule has 2 aromatic rings. The second-order valence-corrected chi connectivity index (χ2v) is 17.8. The first-order valence-corrected chi connectivity index (χ1v) is 20.7. The van der Waals surface area contributed by atoms with Gasteiger partial charge in [0, 0.05) is 25.2 Å². The molecule has 0 atom stereocenters. The van der Waals surface area contributed by atoms with Gasteiger partial charge in [-0.15, -0.1) is 0 Å². The summed E-state index contributed by atoms with van der Waals surface area (Å²) in [5.41, 5.74) is 11.9. The van der Waals surface area contributed by atoms with Gasteiger partial charge in [-0.2, -0.15) is 0 Å². The van der Waals surface area contributed by atoms with Crippen LogP contribution in [0.3, 0.4) is 0 Å². The van der Waals surface area contributed by atoms with Gasteiger partial charge in [0.15, 0.2) is 0 Å². The summed E-state index contributed by atoms with van der Waals surface area (Å²) in [6, 6.07) is 19.1. The van der Waals surface area contributed by atoms with Crippen molar-refractivity contribution < 1.29 is 38.1 Å². The summed E-state index contributed by atoms with van der Waals surface area (Å²) in [5, 5.41) is 11.4.